The second-order valence-electron chi connectivity index (χ2n) is 5.26. The first-order valence-electron chi connectivity index (χ1n) is 7.55. The number of ether oxygens (including phenoxy) is 2. The number of hydrogen-bond acceptors (Lipinski definition) is 5. The van der Waals surface area contributed by atoms with E-state index in [1.165, 1.54) is 12.3 Å². The first-order valence-corrected chi connectivity index (χ1v) is 7.55. The number of aromatic carboxylic acids is 1. The smallest absolute Gasteiger partial charge is 0.338 e. The number of rotatable bonds is 6. The summed E-state index contributed by atoms with van der Waals surface area (Å²) >= 11 is 0. The van der Waals surface area contributed by atoms with Crippen molar-refractivity contribution in [3.05, 3.63) is 78.0 Å². The third-order valence-corrected chi connectivity index (χ3v) is 3.43. The molecule has 1 aromatic heterocycles. The van der Waals surface area contributed by atoms with Crippen molar-refractivity contribution < 1.29 is 19.4 Å². The van der Waals surface area contributed by atoms with Gasteiger partial charge in [0.15, 0.2) is 0 Å². The molecule has 2 aromatic carbocycles. The molecule has 0 amide bonds. The van der Waals surface area contributed by atoms with Crippen LogP contribution in [0.2, 0.25) is 0 Å². The van der Waals surface area contributed by atoms with E-state index in [-0.39, 0.29) is 17.1 Å². The molecule has 0 aliphatic rings. The number of nitrogens with two attached hydrogens (primary N) is 1. The Morgan fingerprint density at radius 2 is 1.72 bits per heavy atom. The van der Waals surface area contributed by atoms with Crippen molar-refractivity contribution in [1.29, 1.82) is 0 Å². The molecule has 0 unspecified atom stereocenters. The van der Waals surface area contributed by atoms with Crippen molar-refractivity contribution in [2.45, 2.75) is 6.61 Å². The third-order valence-electron chi connectivity index (χ3n) is 3.43. The Bertz CT molecular complexity index is 864. The number of benzene rings is 2. The number of hydrogen-bond donors (Lipinski definition) is 2. The summed E-state index contributed by atoms with van der Waals surface area (Å²) in [6.45, 7) is 0.475. The predicted molar refractivity (Wildman–Crippen MR) is 92.9 cm³/mol. The van der Waals surface area contributed by atoms with Gasteiger partial charge in [-0.3, -0.25) is 0 Å². The fourth-order valence-corrected chi connectivity index (χ4v) is 2.15. The van der Waals surface area contributed by atoms with Crippen LogP contribution in [-0.2, 0) is 6.61 Å². The summed E-state index contributed by atoms with van der Waals surface area (Å²) in [6, 6.07) is 18.1. The first kappa shape index (κ1) is 16.3. The Labute approximate surface area is 144 Å². The van der Waals surface area contributed by atoms with Crippen molar-refractivity contribution in [2.75, 3.05) is 5.73 Å². The number of nitrogens with zero attached hydrogens (tertiary/aromatic N) is 1. The summed E-state index contributed by atoms with van der Waals surface area (Å²) < 4.78 is 11.3. The molecule has 3 rings (SSSR count). The van der Waals surface area contributed by atoms with E-state index in [4.69, 9.17) is 20.3 Å². The van der Waals surface area contributed by atoms with Crippen LogP contribution in [0.25, 0.3) is 0 Å². The number of carboxylic acid groups (broad SMARTS) is 1. The summed E-state index contributed by atoms with van der Waals surface area (Å²) in [4.78, 5) is 15.1. The fourth-order valence-electron chi connectivity index (χ4n) is 2.15. The highest BCUT2D eigenvalue weighted by Gasteiger charge is 2.11. The van der Waals surface area contributed by atoms with Crippen molar-refractivity contribution in [3.63, 3.8) is 0 Å². The molecule has 0 bridgehead atoms. The van der Waals surface area contributed by atoms with Crippen molar-refractivity contribution in [1.82, 2.24) is 4.98 Å². The molecule has 0 aliphatic heterocycles. The van der Waals surface area contributed by atoms with Gasteiger partial charge in [0.25, 0.3) is 0 Å². The average molecular weight is 336 g/mol. The van der Waals surface area contributed by atoms with Crippen LogP contribution >= 0.6 is 0 Å². The topological polar surface area (TPSA) is 94.7 Å². The number of aromatic nitrogens is 1. The van der Waals surface area contributed by atoms with Crippen LogP contribution in [0.15, 0.2) is 66.9 Å². The van der Waals surface area contributed by atoms with Gasteiger partial charge in [-0.2, -0.15) is 0 Å². The Morgan fingerprint density at radius 3 is 2.40 bits per heavy atom. The molecule has 0 spiro atoms. The summed E-state index contributed by atoms with van der Waals surface area (Å²) in [5.41, 5.74) is 6.69. The van der Waals surface area contributed by atoms with Gasteiger partial charge in [0.05, 0.1) is 17.4 Å². The van der Waals surface area contributed by atoms with Crippen molar-refractivity contribution in [3.8, 4) is 17.4 Å². The normalized spacial score (nSPS) is 10.2. The number of anilines is 1. The quantitative estimate of drug-likeness (QED) is 0.712. The van der Waals surface area contributed by atoms with Crippen molar-refractivity contribution in [2.24, 2.45) is 0 Å². The molecule has 126 valence electrons. The highest BCUT2D eigenvalue weighted by Crippen LogP contribution is 2.25. The van der Waals surface area contributed by atoms with Gasteiger partial charge in [-0.05, 0) is 29.8 Å². The maximum absolute atomic E-state index is 11.1. The van der Waals surface area contributed by atoms with E-state index >= 15 is 0 Å². The maximum Gasteiger partial charge on any atom is 0.338 e. The van der Waals surface area contributed by atoms with Gasteiger partial charge < -0.3 is 20.3 Å². The number of carboxylic acids is 1. The molecule has 3 aromatic rings. The predicted octanol–water partition coefficient (Wildman–Crippen LogP) is 3.73. The standard InChI is InChI=1S/C19H16N2O4/c20-17-11-21-18(10-16(17)19(22)23)25-15-8-6-14(7-9-15)24-12-13-4-2-1-3-5-13/h1-11H,12,20H2,(H,22,23). The van der Waals surface area contributed by atoms with Gasteiger partial charge in [-0.1, -0.05) is 30.3 Å². The number of carbonyl (C=O) groups is 1. The van der Waals surface area contributed by atoms with E-state index in [1.807, 2.05) is 30.3 Å². The number of pyridine rings is 1. The van der Waals surface area contributed by atoms with E-state index in [0.29, 0.717) is 18.1 Å². The van der Waals surface area contributed by atoms with Gasteiger partial charge >= 0.3 is 5.97 Å². The summed E-state index contributed by atoms with van der Waals surface area (Å²) in [7, 11) is 0. The molecular weight excluding hydrogens is 320 g/mol. The van der Waals surface area contributed by atoms with E-state index in [1.54, 1.807) is 24.3 Å². The Morgan fingerprint density at radius 1 is 1.04 bits per heavy atom. The number of nitrogen functional groups attached to an aromatic ring is 1. The molecule has 0 saturated heterocycles. The summed E-state index contributed by atoms with van der Waals surface area (Å²) in [5.74, 6) is 0.243. The average Bonchev–Trinajstić information content (AvgIpc) is 2.63. The molecule has 6 heteroatoms. The first-order chi connectivity index (χ1) is 12.1. The molecule has 0 aliphatic carbocycles. The monoisotopic (exact) mass is 336 g/mol. The molecule has 1 heterocycles. The summed E-state index contributed by atoms with van der Waals surface area (Å²) in [5, 5.41) is 9.07. The second kappa shape index (κ2) is 7.35. The molecule has 6 nitrogen and oxygen atoms in total. The minimum Gasteiger partial charge on any atom is -0.489 e. The van der Waals surface area contributed by atoms with E-state index < -0.39 is 5.97 Å². The molecule has 0 fully saturated rings. The molecule has 3 N–H and O–H groups in total. The van der Waals surface area contributed by atoms with Crippen molar-refractivity contribution >= 4 is 11.7 Å². The van der Waals surface area contributed by atoms with Gasteiger partial charge in [0.1, 0.15) is 18.1 Å². The van der Waals surface area contributed by atoms with Crippen LogP contribution < -0.4 is 15.2 Å². The Kier molecular flexibility index (Phi) is 4.80. The van der Waals surface area contributed by atoms with E-state index in [0.717, 1.165) is 5.56 Å². The zero-order chi connectivity index (χ0) is 17.6. The maximum atomic E-state index is 11.1. The second-order valence-corrected chi connectivity index (χ2v) is 5.26. The molecular formula is C19H16N2O4. The van der Waals surface area contributed by atoms with Crippen LogP contribution in [0, 0.1) is 0 Å². The highest BCUT2D eigenvalue weighted by molar-refractivity contribution is 5.93. The molecule has 0 atom stereocenters. The van der Waals surface area contributed by atoms with Crippen LogP contribution in [0.5, 0.6) is 17.4 Å². The van der Waals surface area contributed by atoms with Gasteiger partial charge in [0.2, 0.25) is 5.88 Å². The Hall–Kier alpha value is -3.54. The molecule has 0 saturated carbocycles. The Balaban J connectivity index is 1.64. The molecule has 0 radical (unpaired) electrons. The lowest BCUT2D eigenvalue weighted by Crippen LogP contribution is -2.03. The van der Waals surface area contributed by atoms with Gasteiger partial charge in [-0.15, -0.1) is 0 Å². The van der Waals surface area contributed by atoms with Crippen LogP contribution in [0.1, 0.15) is 15.9 Å². The fraction of sp³-hybridized carbons (Fsp3) is 0.0526. The highest BCUT2D eigenvalue weighted by atomic mass is 16.5. The lowest BCUT2D eigenvalue weighted by atomic mass is 10.2. The largest absolute Gasteiger partial charge is 0.489 e. The zero-order valence-electron chi connectivity index (χ0n) is 13.3. The van der Waals surface area contributed by atoms with Crippen LogP contribution in [-0.4, -0.2) is 16.1 Å². The van der Waals surface area contributed by atoms with Crippen LogP contribution in [0.3, 0.4) is 0 Å². The minimum atomic E-state index is -1.13. The van der Waals surface area contributed by atoms with Crippen LogP contribution in [0.4, 0.5) is 5.69 Å². The van der Waals surface area contributed by atoms with E-state index in [9.17, 15) is 4.79 Å². The van der Waals surface area contributed by atoms with E-state index in [2.05, 4.69) is 4.98 Å². The van der Waals surface area contributed by atoms with Gasteiger partial charge in [-0.25, -0.2) is 9.78 Å². The lowest BCUT2D eigenvalue weighted by molar-refractivity contribution is 0.0697. The SMILES string of the molecule is Nc1cnc(Oc2ccc(OCc3ccccc3)cc2)cc1C(=O)O. The van der Waals surface area contributed by atoms with Gasteiger partial charge in [0, 0.05) is 6.07 Å². The third kappa shape index (κ3) is 4.26. The minimum absolute atomic E-state index is 0.0483. The lowest BCUT2D eigenvalue weighted by Gasteiger charge is -2.09. The summed E-state index contributed by atoms with van der Waals surface area (Å²) in [6.07, 6.45) is 1.26. The zero-order valence-corrected chi connectivity index (χ0v) is 13.3. The molecule has 25 heavy (non-hydrogen) atoms.